The van der Waals surface area contributed by atoms with E-state index in [0.717, 1.165) is 9.93 Å². The van der Waals surface area contributed by atoms with Crippen LogP contribution in [-0.4, -0.2) is 9.78 Å². The summed E-state index contributed by atoms with van der Waals surface area (Å²) in [7, 11) is 1.94. The van der Waals surface area contributed by atoms with Gasteiger partial charge in [0.05, 0.1) is 5.69 Å². The number of halogens is 2. The molecule has 0 spiro atoms. The molecule has 4 heteroatoms. The second-order valence-electron chi connectivity index (χ2n) is 2.12. The number of hydrogen-bond donors (Lipinski definition) is 0. The molecule has 0 atom stereocenters. The smallest absolute Gasteiger partial charge is 0.131 e. The minimum atomic E-state index is 0.855. The average molecular weight is 268 g/mol. The molecule has 0 N–H and O–H groups in total. The second kappa shape index (κ2) is 3.05. The highest BCUT2D eigenvalue weighted by atomic mass is 79.9. The van der Waals surface area contributed by atoms with E-state index in [4.69, 9.17) is 0 Å². The molecule has 0 saturated carbocycles. The van der Waals surface area contributed by atoms with Gasteiger partial charge in [0.2, 0.25) is 0 Å². The Morgan fingerprint density at radius 1 is 1.60 bits per heavy atom. The van der Waals surface area contributed by atoms with Crippen molar-refractivity contribution in [1.82, 2.24) is 9.78 Å². The molecular weight excluding hydrogens is 260 g/mol. The predicted molar refractivity (Wildman–Crippen MR) is 48.3 cm³/mol. The predicted octanol–water partition coefficient (Wildman–Crippen LogP) is 2.39. The van der Waals surface area contributed by atoms with Crippen molar-refractivity contribution < 1.29 is 0 Å². The average Bonchev–Trinajstić information content (AvgIpc) is 2.09. The van der Waals surface area contributed by atoms with Gasteiger partial charge in [0, 0.05) is 17.9 Å². The number of alkyl halides is 1. The van der Waals surface area contributed by atoms with E-state index in [2.05, 4.69) is 37.0 Å². The van der Waals surface area contributed by atoms with Gasteiger partial charge in [0.25, 0.3) is 0 Å². The molecule has 1 aromatic rings. The zero-order valence-corrected chi connectivity index (χ0v) is 9.03. The largest absolute Gasteiger partial charge is 0.270 e. The van der Waals surface area contributed by atoms with Gasteiger partial charge in [-0.3, -0.25) is 4.68 Å². The monoisotopic (exact) mass is 266 g/mol. The van der Waals surface area contributed by atoms with Gasteiger partial charge in [0.1, 0.15) is 4.60 Å². The third-order valence-electron chi connectivity index (χ3n) is 1.50. The van der Waals surface area contributed by atoms with E-state index < -0.39 is 0 Å². The van der Waals surface area contributed by atoms with Gasteiger partial charge < -0.3 is 0 Å². The van der Waals surface area contributed by atoms with E-state index in [1.807, 2.05) is 18.7 Å². The number of aromatic nitrogens is 2. The van der Waals surface area contributed by atoms with Crippen LogP contribution in [0.1, 0.15) is 11.3 Å². The first-order chi connectivity index (χ1) is 4.66. The molecule has 1 rings (SSSR count). The lowest BCUT2D eigenvalue weighted by Crippen LogP contribution is -1.95. The fraction of sp³-hybridized carbons (Fsp3) is 0.500. The fourth-order valence-electron chi connectivity index (χ4n) is 0.816. The number of aryl methyl sites for hydroxylation is 1. The van der Waals surface area contributed by atoms with E-state index in [1.165, 1.54) is 11.3 Å². The molecule has 2 nitrogen and oxygen atoms in total. The molecule has 0 aromatic carbocycles. The summed E-state index contributed by atoms with van der Waals surface area (Å²) in [6.45, 7) is 2.05. The van der Waals surface area contributed by atoms with E-state index in [1.54, 1.807) is 0 Å². The van der Waals surface area contributed by atoms with Crippen molar-refractivity contribution in [2.45, 2.75) is 12.3 Å². The van der Waals surface area contributed by atoms with Gasteiger partial charge in [-0.1, -0.05) is 15.9 Å². The summed E-state index contributed by atoms with van der Waals surface area (Å²) in [5.41, 5.74) is 2.42. The summed E-state index contributed by atoms with van der Waals surface area (Å²) in [5, 5.41) is 5.04. The highest BCUT2D eigenvalue weighted by molar-refractivity contribution is 9.10. The summed E-state index contributed by atoms with van der Waals surface area (Å²) < 4.78 is 2.80. The molecule has 1 aromatic heterocycles. The van der Waals surface area contributed by atoms with Crippen LogP contribution in [0.25, 0.3) is 0 Å². The molecule has 0 fully saturated rings. The van der Waals surface area contributed by atoms with Gasteiger partial charge in [-0.2, -0.15) is 5.10 Å². The maximum atomic E-state index is 4.18. The Morgan fingerprint density at radius 3 is 2.40 bits per heavy atom. The molecule has 0 bridgehead atoms. The van der Waals surface area contributed by atoms with E-state index in [9.17, 15) is 0 Å². The molecule has 0 saturated heterocycles. The Morgan fingerprint density at radius 2 is 2.20 bits per heavy atom. The van der Waals surface area contributed by atoms with Crippen LogP contribution in [-0.2, 0) is 12.4 Å². The number of hydrogen-bond acceptors (Lipinski definition) is 1. The summed E-state index contributed by atoms with van der Waals surface area (Å²) in [4.78, 5) is 0. The molecule has 0 aliphatic carbocycles. The summed E-state index contributed by atoms with van der Waals surface area (Å²) >= 11 is 6.75. The zero-order valence-electron chi connectivity index (χ0n) is 5.86. The SMILES string of the molecule is Cc1c(Br)nn(C)c1CBr. The van der Waals surface area contributed by atoms with E-state index in [0.29, 0.717) is 0 Å². The van der Waals surface area contributed by atoms with Gasteiger partial charge in [-0.25, -0.2) is 0 Å². The molecular formula is C6H8Br2N2. The Hall–Kier alpha value is 0.170. The van der Waals surface area contributed by atoms with Crippen LogP contribution in [0, 0.1) is 6.92 Å². The lowest BCUT2D eigenvalue weighted by Gasteiger charge is -1.95. The van der Waals surface area contributed by atoms with Crippen molar-refractivity contribution in [3.63, 3.8) is 0 Å². The normalized spacial score (nSPS) is 10.4. The van der Waals surface area contributed by atoms with Crippen LogP contribution in [0.2, 0.25) is 0 Å². The van der Waals surface area contributed by atoms with Crippen LogP contribution in [0.4, 0.5) is 0 Å². The van der Waals surface area contributed by atoms with Gasteiger partial charge in [-0.15, -0.1) is 0 Å². The minimum Gasteiger partial charge on any atom is -0.270 e. The molecule has 1 heterocycles. The number of rotatable bonds is 1. The summed E-state index contributed by atoms with van der Waals surface area (Å²) in [6, 6.07) is 0. The van der Waals surface area contributed by atoms with Crippen molar-refractivity contribution in [2.75, 3.05) is 0 Å². The first kappa shape index (κ1) is 8.27. The van der Waals surface area contributed by atoms with Crippen molar-refractivity contribution in [1.29, 1.82) is 0 Å². The lowest BCUT2D eigenvalue weighted by atomic mass is 10.3. The maximum Gasteiger partial charge on any atom is 0.131 e. The topological polar surface area (TPSA) is 17.8 Å². The summed E-state index contributed by atoms with van der Waals surface area (Å²) in [5.74, 6) is 0. The molecule has 10 heavy (non-hydrogen) atoms. The Kier molecular flexibility index (Phi) is 2.52. The van der Waals surface area contributed by atoms with Gasteiger partial charge >= 0.3 is 0 Å². The maximum absolute atomic E-state index is 4.18. The van der Waals surface area contributed by atoms with Crippen LogP contribution in [0.3, 0.4) is 0 Å². The molecule has 56 valence electrons. The summed E-state index contributed by atoms with van der Waals surface area (Å²) in [6.07, 6.45) is 0. The van der Waals surface area contributed by atoms with Crippen LogP contribution >= 0.6 is 31.9 Å². The highest BCUT2D eigenvalue weighted by Crippen LogP contribution is 2.19. The molecule has 0 radical (unpaired) electrons. The molecule has 0 aliphatic heterocycles. The number of nitrogens with zero attached hydrogens (tertiary/aromatic N) is 2. The lowest BCUT2D eigenvalue weighted by molar-refractivity contribution is 0.731. The first-order valence-electron chi connectivity index (χ1n) is 2.90. The van der Waals surface area contributed by atoms with Crippen molar-refractivity contribution in [2.24, 2.45) is 7.05 Å². The first-order valence-corrected chi connectivity index (χ1v) is 4.82. The van der Waals surface area contributed by atoms with Crippen LogP contribution < -0.4 is 0 Å². The van der Waals surface area contributed by atoms with Gasteiger partial charge in [-0.05, 0) is 22.9 Å². The second-order valence-corrected chi connectivity index (χ2v) is 3.43. The third-order valence-corrected chi connectivity index (χ3v) is 2.78. The van der Waals surface area contributed by atoms with E-state index >= 15 is 0 Å². The standard InChI is InChI=1S/C6H8Br2N2/c1-4-5(3-7)10(2)9-6(4)8/h3H2,1-2H3. The highest BCUT2D eigenvalue weighted by Gasteiger charge is 2.07. The Balaban J connectivity index is 3.20. The van der Waals surface area contributed by atoms with Crippen LogP contribution in [0.15, 0.2) is 4.60 Å². The van der Waals surface area contributed by atoms with Crippen molar-refractivity contribution in [3.05, 3.63) is 15.9 Å². The Bertz CT molecular complexity index is 242. The molecule has 0 amide bonds. The van der Waals surface area contributed by atoms with Crippen molar-refractivity contribution in [3.8, 4) is 0 Å². The minimum absolute atomic E-state index is 0.855. The Labute approximate surface area is 76.9 Å². The molecule has 0 unspecified atom stereocenters. The van der Waals surface area contributed by atoms with Gasteiger partial charge in [0.15, 0.2) is 0 Å². The third kappa shape index (κ3) is 1.27. The zero-order chi connectivity index (χ0) is 7.72. The van der Waals surface area contributed by atoms with Crippen molar-refractivity contribution >= 4 is 31.9 Å². The quantitative estimate of drug-likeness (QED) is 0.715. The molecule has 0 aliphatic rings. The van der Waals surface area contributed by atoms with E-state index in [-0.39, 0.29) is 0 Å². The van der Waals surface area contributed by atoms with Crippen LogP contribution in [0.5, 0.6) is 0 Å². The fourth-order valence-corrected chi connectivity index (χ4v) is 2.07.